The van der Waals surface area contributed by atoms with Crippen molar-refractivity contribution in [3.05, 3.63) is 37.7 Å². The fraction of sp³-hybridized carbons (Fsp3) is 0.308. The van der Waals surface area contributed by atoms with Crippen LogP contribution in [-0.2, 0) is 13.1 Å². The summed E-state index contributed by atoms with van der Waals surface area (Å²) in [5.41, 5.74) is 6.80. The first-order valence-electron chi connectivity index (χ1n) is 6.16. The van der Waals surface area contributed by atoms with Gasteiger partial charge in [0.1, 0.15) is 5.15 Å². The number of nitrogens with two attached hydrogens (primary N) is 1. The normalized spacial score (nSPS) is 11.1. The molecule has 1 heterocycles. The van der Waals surface area contributed by atoms with E-state index in [1.54, 1.807) is 15.4 Å². The third-order valence-electron chi connectivity index (χ3n) is 3.13. The second-order valence-corrected chi connectivity index (χ2v) is 5.43. The van der Waals surface area contributed by atoms with E-state index in [2.05, 4.69) is 0 Å². The highest BCUT2D eigenvalue weighted by atomic mass is 35.5. The number of anilines is 1. The van der Waals surface area contributed by atoms with E-state index in [0.29, 0.717) is 45.1 Å². The van der Waals surface area contributed by atoms with Crippen LogP contribution in [0.15, 0.2) is 16.9 Å². The molecule has 1 aromatic carbocycles. The van der Waals surface area contributed by atoms with Gasteiger partial charge in [0.25, 0.3) is 5.56 Å². The predicted molar refractivity (Wildman–Crippen MR) is 84.9 cm³/mol. The quantitative estimate of drug-likeness (QED) is 0.866. The van der Waals surface area contributed by atoms with Gasteiger partial charge in [0.2, 0.25) is 0 Å². The zero-order valence-electron chi connectivity index (χ0n) is 11.1. The second kappa shape index (κ2) is 5.72. The van der Waals surface area contributed by atoms with Gasteiger partial charge in [-0.25, -0.2) is 4.68 Å². The van der Waals surface area contributed by atoms with Gasteiger partial charge in [0, 0.05) is 18.7 Å². The first-order chi connectivity index (χ1) is 9.42. The first kappa shape index (κ1) is 15.3. The van der Waals surface area contributed by atoms with Crippen LogP contribution in [0, 0.1) is 0 Å². The van der Waals surface area contributed by atoms with Crippen molar-refractivity contribution in [1.82, 2.24) is 9.36 Å². The molecule has 0 unspecified atom stereocenters. The van der Waals surface area contributed by atoms with Gasteiger partial charge in [0.15, 0.2) is 0 Å². The van der Waals surface area contributed by atoms with Gasteiger partial charge in [-0.15, -0.1) is 0 Å². The summed E-state index contributed by atoms with van der Waals surface area (Å²) in [6, 6.07) is 3.09. The topological polar surface area (TPSA) is 52.9 Å². The molecule has 0 bridgehead atoms. The summed E-state index contributed by atoms with van der Waals surface area (Å²) in [5, 5.41) is 1.04. The summed E-state index contributed by atoms with van der Waals surface area (Å²) in [6.45, 7) is 4.90. The summed E-state index contributed by atoms with van der Waals surface area (Å²) in [7, 11) is 0. The number of rotatable bonds is 3. The first-order valence-corrected chi connectivity index (χ1v) is 7.29. The van der Waals surface area contributed by atoms with Gasteiger partial charge >= 0.3 is 0 Å². The average molecular weight is 335 g/mol. The third-order valence-corrected chi connectivity index (χ3v) is 4.15. The maximum atomic E-state index is 12.5. The number of nitrogens with zero attached hydrogens (tertiary/aromatic N) is 2. The van der Waals surface area contributed by atoms with E-state index >= 15 is 0 Å². The van der Waals surface area contributed by atoms with Crippen LogP contribution in [0.4, 0.5) is 5.69 Å². The van der Waals surface area contributed by atoms with E-state index in [1.807, 2.05) is 13.8 Å². The molecule has 4 nitrogen and oxygen atoms in total. The lowest BCUT2D eigenvalue weighted by Crippen LogP contribution is -2.22. The van der Waals surface area contributed by atoms with Crippen LogP contribution < -0.4 is 11.3 Å². The summed E-state index contributed by atoms with van der Waals surface area (Å²) in [6.07, 6.45) is 0. The largest absolute Gasteiger partial charge is 0.398 e. The van der Waals surface area contributed by atoms with E-state index in [4.69, 9.17) is 40.5 Å². The van der Waals surface area contributed by atoms with Gasteiger partial charge in [-0.3, -0.25) is 9.48 Å². The van der Waals surface area contributed by atoms with Gasteiger partial charge in [-0.2, -0.15) is 0 Å². The molecule has 0 amide bonds. The second-order valence-electron chi connectivity index (χ2n) is 4.26. The van der Waals surface area contributed by atoms with E-state index in [0.717, 1.165) is 0 Å². The number of aromatic nitrogens is 2. The average Bonchev–Trinajstić information content (AvgIpc) is 2.64. The maximum absolute atomic E-state index is 12.5. The van der Waals surface area contributed by atoms with Gasteiger partial charge in [-0.1, -0.05) is 34.8 Å². The van der Waals surface area contributed by atoms with Crippen molar-refractivity contribution in [1.29, 1.82) is 0 Å². The van der Waals surface area contributed by atoms with Crippen LogP contribution in [-0.4, -0.2) is 9.36 Å². The van der Waals surface area contributed by atoms with Crippen molar-refractivity contribution in [3.8, 4) is 11.1 Å². The van der Waals surface area contributed by atoms with Crippen molar-refractivity contribution in [2.45, 2.75) is 26.9 Å². The third kappa shape index (κ3) is 2.32. The predicted octanol–water partition coefficient (Wildman–Crippen LogP) is 3.90. The van der Waals surface area contributed by atoms with E-state index in [1.165, 1.54) is 6.07 Å². The fourth-order valence-corrected chi connectivity index (χ4v) is 3.04. The van der Waals surface area contributed by atoms with Crippen LogP contribution in [0.1, 0.15) is 13.8 Å². The van der Waals surface area contributed by atoms with Crippen molar-refractivity contribution in [2.24, 2.45) is 0 Å². The van der Waals surface area contributed by atoms with Crippen LogP contribution >= 0.6 is 34.8 Å². The van der Waals surface area contributed by atoms with Crippen molar-refractivity contribution < 1.29 is 0 Å². The molecule has 0 aliphatic heterocycles. The Morgan fingerprint density at radius 2 is 1.65 bits per heavy atom. The van der Waals surface area contributed by atoms with Gasteiger partial charge in [0.05, 0.1) is 21.3 Å². The molecule has 0 radical (unpaired) electrons. The monoisotopic (exact) mass is 333 g/mol. The van der Waals surface area contributed by atoms with Crippen molar-refractivity contribution in [3.63, 3.8) is 0 Å². The maximum Gasteiger partial charge on any atom is 0.276 e. The Labute approximate surface area is 131 Å². The van der Waals surface area contributed by atoms with Crippen molar-refractivity contribution in [2.75, 3.05) is 5.73 Å². The summed E-state index contributed by atoms with van der Waals surface area (Å²) < 4.78 is 3.28. The molecule has 20 heavy (non-hydrogen) atoms. The SMILES string of the molecule is CCn1c(Cl)c(-c2cc(N)c(Cl)cc2Cl)c(=O)n1CC. The Bertz CT molecular complexity index is 719. The highest BCUT2D eigenvalue weighted by Gasteiger charge is 2.21. The number of hydrogen-bond acceptors (Lipinski definition) is 2. The molecule has 7 heteroatoms. The highest BCUT2D eigenvalue weighted by Crippen LogP contribution is 2.36. The zero-order chi connectivity index (χ0) is 15.0. The van der Waals surface area contributed by atoms with E-state index < -0.39 is 0 Å². The van der Waals surface area contributed by atoms with Crippen LogP contribution in [0.5, 0.6) is 0 Å². The Hall–Kier alpha value is -1.10. The molecule has 2 rings (SSSR count). The summed E-state index contributed by atoms with van der Waals surface area (Å²) in [4.78, 5) is 12.5. The number of benzene rings is 1. The van der Waals surface area contributed by atoms with Crippen molar-refractivity contribution >= 4 is 40.5 Å². The standard InChI is InChI=1S/C13H14Cl3N3O/c1-3-18-12(16)11(13(20)19(18)4-2)7-5-10(17)9(15)6-8(7)14/h5-6H,3-4,17H2,1-2H3. The Morgan fingerprint density at radius 3 is 2.15 bits per heavy atom. The molecule has 108 valence electrons. The Kier molecular flexibility index (Phi) is 4.37. The lowest BCUT2D eigenvalue weighted by atomic mass is 10.1. The van der Waals surface area contributed by atoms with Gasteiger partial charge < -0.3 is 5.73 Å². The molecular formula is C13H14Cl3N3O. The molecule has 0 saturated heterocycles. The molecule has 0 spiro atoms. The lowest BCUT2D eigenvalue weighted by molar-refractivity contribution is 0.477. The highest BCUT2D eigenvalue weighted by molar-refractivity contribution is 6.39. The van der Waals surface area contributed by atoms with Gasteiger partial charge in [-0.05, 0) is 26.0 Å². The number of nitrogen functional groups attached to an aromatic ring is 1. The molecule has 0 aliphatic carbocycles. The zero-order valence-corrected chi connectivity index (χ0v) is 13.4. The van der Waals surface area contributed by atoms with Crippen LogP contribution in [0.25, 0.3) is 11.1 Å². The minimum Gasteiger partial charge on any atom is -0.398 e. The molecule has 2 aromatic rings. The number of hydrogen-bond donors (Lipinski definition) is 1. The Morgan fingerprint density at radius 1 is 1.05 bits per heavy atom. The summed E-state index contributed by atoms with van der Waals surface area (Å²) >= 11 is 18.4. The fourth-order valence-electron chi connectivity index (χ4n) is 2.17. The lowest BCUT2D eigenvalue weighted by Gasteiger charge is -2.07. The minimum absolute atomic E-state index is 0.192. The van der Waals surface area contributed by atoms with E-state index in [-0.39, 0.29) is 5.56 Å². The van der Waals surface area contributed by atoms with E-state index in [9.17, 15) is 4.79 Å². The number of halogens is 3. The smallest absolute Gasteiger partial charge is 0.276 e. The molecule has 0 atom stereocenters. The summed E-state index contributed by atoms with van der Waals surface area (Å²) in [5.74, 6) is 0. The molecule has 0 aliphatic rings. The van der Waals surface area contributed by atoms with Crippen LogP contribution in [0.3, 0.4) is 0 Å². The molecule has 2 N–H and O–H groups in total. The molecular weight excluding hydrogens is 321 g/mol. The molecule has 0 fully saturated rings. The van der Waals surface area contributed by atoms with Crippen LogP contribution in [0.2, 0.25) is 15.2 Å². The minimum atomic E-state index is -0.192. The molecule has 1 aromatic heterocycles. The molecule has 0 saturated carbocycles. The Balaban J connectivity index is 2.80.